The molecule has 24 heavy (non-hydrogen) atoms. The number of hydrogen-bond donors (Lipinski definition) is 2. The highest BCUT2D eigenvalue weighted by Gasteiger charge is 2.53. The summed E-state index contributed by atoms with van der Waals surface area (Å²) < 4.78 is 27.2. The molecule has 0 saturated heterocycles. The summed E-state index contributed by atoms with van der Waals surface area (Å²) in [7, 11) is 0. The maximum Gasteiger partial charge on any atom is 0.319 e. The summed E-state index contributed by atoms with van der Waals surface area (Å²) in [4.78, 5) is 12.0. The maximum atomic E-state index is 14.1. The van der Waals surface area contributed by atoms with Gasteiger partial charge in [-0.15, -0.1) is 0 Å². The highest BCUT2D eigenvalue weighted by Crippen LogP contribution is 2.54. The molecule has 2 atom stereocenters. The molecule has 2 aromatic rings. The van der Waals surface area contributed by atoms with Crippen molar-refractivity contribution in [3.05, 3.63) is 64.7 Å². The smallest absolute Gasteiger partial charge is 0.319 e. The van der Waals surface area contributed by atoms with Crippen LogP contribution < -0.4 is 10.6 Å². The standard InChI is InChI=1S/C18H17ClF2N2O/c1-11-9-18(11,15-7-4-13(20)8-16(15)21)10-22-17(24)23-14-5-2-12(19)3-6-14/h2-8,11H,9-10H2,1H3,(H2,22,23,24). The number of urea groups is 1. The topological polar surface area (TPSA) is 41.1 Å². The van der Waals surface area contributed by atoms with Gasteiger partial charge in [-0.1, -0.05) is 24.6 Å². The van der Waals surface area contributed by atoms with E-state index in [2.05, 4.69) is 10.6 Å². The minimum atomic E-state index is -0.604. The molecule has 0 radical (unpaired) electrons. The first kappa shape index (κ1) is 16.7. The van der Waals surface area contributed by atoms with Crippen LogP contribution in [0.4, 0.5) is 19.3 Å². The van der Waals surface area contributed by atoms with Crippen molar-refractivity contribution in [1.29, 1.82) is 0 Å². The number of amides is 2. The minimum Gasteiger partial charge on any atom is -0.337 e. The second-order valence-electron chi connectivity index (χ2n) is 6.20. The molecule has 2 amide bonds. The molecular formula is C18H17ClF2N2O. The van der Waals surface area contributed by atoms with Crippen LogP contribution in [0, 0.1) is 17.6 Å². The molecule has 3 nitrogen and oxygen atoms in total. The summed E-state index contributed by atoms with van der Waals surface area (Å²) in [6.07, 6.45) is 0.747. The van der Waals surface area contributed by atoms with E-state index in [1.54, 1.807) is 24.3 Å². The van der Waals surface area contributed by atoms with Crippen LogP contribution >= 0.6 is 11.6 Å². The van der Waals surface area contributed by atoms with Gasteiger partial charge in [0.2, 0.25) is 0 Å². The molecule has 2 aromatic carbocycles. The largest absolute Gasteiger partial charge is 0.337 e. The number of halogens is 3. The van der Waals surface area contributed by atoms with E-state index >= 15 is 0 Å². The van der Waals surface area contributed by atoms with Gasteiger partial charge in [0.25, 0.3) is 0 Å². The fourth-order valence-electron chi connectivity index (χ4n) is 3.04. The third-order valence-electron chi connectivity index (χ3n) is 4.59. The quantitative estimate of drug-likeness (QED) is 0.823. The van der Waals surface area contributed by atoms with Crippen molar-refractivity contribution in [1.82, 2.24) is 5.32 Å². The third kappa shape index (κ3) is 3.36. The van der Waals surface area contributed by atoms with Gasteiger partial charge in [0.05, 0.1) is 0 Å². The Morgan fingerprint density at radius 2 is 1.92 bits per heavy atom. The summed E-state index contributed by atoms with van der Waals surface area (Å²) >= 11 is 5.80. The van der Waals surface area contributed by atoms with Crippen LogP contribution in [-0.2, 0) is 5.41 Å². The van der Waals surface area contributed by atoms with Crippen molar-refractivity contribution < 1.29 is 13.6 Å². The molecule has 0 spiro atoms. The van der Waals surface area contributed by atoms with Crippen LogP contribution in [0.3, 0.4) is 0 Å². The first-order valence-corrected chi connectivity index (χ1v) is 8.04. The number of carbonyl (C=O) groups excluding carboxylic acids is 1. The predicted octanol–water partition coefficient (Wildman–Crippen LogP) is 4.72. The number of carbonyl (C=O) groups is 1. The third-order valence-corrected chi connectivity index (χ3v) is 4.84. The summed E-state index contributed by atoms with van der Waals surface area (Å²) in [6, 6.07) is 9.96. The van der Waals surface area contributed by atoms with E-state index in [4.69, 9.17) is 11.6 Å². The van der Waals surface area contributed by atoms with Crippen LogP contribution in [0.25, 0.3) is 0 Å². The number of anilines is 1. The Morgan fingerprint density at radius 1 is 1.25 bits per heavy atom. The van der Waals surface area contributed by atoms with Gasteiger partial charge in [-0.25, -0.2) is 13.6 Å². The molecule has 0 aromatic heterocycles. The van der Waals surface area contributed by atoms with Crippen molar-refractivity contribution in [3.8, 4) is 0 Å². The van der Waals surface area contributed by atoms with Gasteiger partial charge in [-0.05, 0) is 48.2 Å². The second kappa shape index (κ2) is 6.40. The molecular weight excluding hydrogens is 334 g/mol. The molecule has 2 unspecified atom stereocenters. The summed E-state index contributed by atoms with van der Waals surface area (Å²) in [6.45, 7) is 2.28. The lowest BCUT2D eigenvalue weighted by atomic mass is 9.93. The lowest BCUT2D eigenvalue weighted by molar-refractivity contribution is 0.250. The van der Waals surface area contributed by atoms with Crippen LogP contribution in [0.15, 0.2) is 42.5 Å². The van der Waals surface area contributed by atoms with Crippen LogP contribution in [-0.4, -0.2) is 12.6 Å². The maximum absolute atomic E-state index is 14.1. The van der Waals surface area contributed by atoms with E-state index in [9.17, 15) is 13.6 Å². The Morgan fingerprint density at radius 3 is 2.50 bits per heavy atom. The van der Waals surface area contributed by atoms with Gasteiger partial charge in [0.15, 0.2) is 0 Å². The van der Waals surface area contributed by atoms with E-state index in [-0.39, 0.29) is 18.5 Å². The predicted molar refractivity (Wildman–Crippen MR) is 90.3 cm³/mol. The lowest BCUT2D eigenvalue weighted by Crippen LogP contribution is -2.36. The van der Waals surface area contributed by atoms with E-state index < -0.39 is 17.0 Å². The van der Waals surface area contributed by atoms with Crippen LogP contribution in [0.2, 0.25) is 5.02 Å². The van der Waals surface area contributed by atoms with Gasteiger partial charge in [0.1, 0.15) is 11.6 Å². The van der Waals surface area contributed by atoms with E-state index in [0.717, 1.165) is 12.5 Å². The van der Waals surface area contributed by atoms with E-state index in [1.807, 2.05) is 6.92 Å². The Bertz CT molecular complexity index is 766. The van der Waals surface area contributed by atoms with Gasteiger partial charge in [-0.2, -0.15) is 0 Å². The molecule has 1 aliphatic carbocycles. The summed E-state index contributed by atoms with van der Waals surface area (Å²) in [5, 5.41) is 6.05. The summed E-state index contributed by atoms with van der Waals surface area (Å²) in [5.74, 6) is -0.958. The zero-order valence-electron chi connectivity index (χ0n) is 13.1. The molecule has 1 aliphatic rings. The van der Waals surface area contributed by atoms with Crippen LogP contribution in [0.1, 0.15) is 18.9 Å². The average Bonchev–Trinajstić information content (AvgIpc) is 3.19. The van der Waals surface area contributed by atoms with Crippen LogP contribution in [0.5, 0.6) is 0 Å². The van der Waals surface area contributed by atoms with Crippen molar-refractivity contribution >= 4 is 23.3 Å². The average molecular weight is 351 g/mol. The molecule has 1 fully saturated rings. The fourth-order valence-corrected chi connectivity index (χ4v) is 3.17. The van der Waals surface area contributed by atoms with Gasteiger partial charge >= 0.3 is 6.03 Å². The number of hydrogen-bond acceptors (Lipinski definition) is 1. The molecule has 0 aliphatic heterocycles. The van der Waals surface area contributed by atoms with Crippen molar-refractivity contribution in [2.24, 2.45) is 5.92 Å². The molecule has 0 bridgehead atoms. The molecule has 2 N–H and O–H groups in total. The van der Waals surface area contributed by atoms with Gasteiger partial charge in [-0.3, -0.25) is 0 Å². The van der Waals surface area contributed by atoms with Crippen molar-refractivity contribution in [2.45, 2.75) is 18.8 Å². The second-order valence-corrected chi connectivity index (χ2v) is 6.64. The Balaban J connectivity index is 1.66. The molecule has 6 heteroatoms. The molecule has 3 rings (SSSR count). The summed E-state index contributed by atoms with van der Waals surface area (Å²) in [5.41, 5.74) is 0.584. The first-order valence-electron chi connectivity index (χ1n) is 7.67. The SMILES string of the molecule is CC1CC1(CNC(=O)Nc1ccc(Cl)cc1)c1ccc(F)cc1F. The number of rotatable bonds is 4. The Kier molecular flexibility index (Phi) is 4.45. The monoisotopic (exact) mass is 350 g/mol. The zero-order chi connectivity index (χ0) is 17.3. The molecule has 0 heterocycles. The van der Waals surface area contributed by atoms with E-state index in [0.29, 0.717) is 16.3 Å². The fraction of sp³-hybridized carbons (Fsp3) is 0.278. The Hall–Kier alpha value is -2.14. The van der Waals surface area contributed by atoms with Gasteiger partial charge < -0.3 is 10.6 Å². The lowest BCUT2D eigenvalue weighted by Gasteiger charge is -2.19. The highest BCUT2D eigenvalue weighted by molar-refractivity contribution is 6.30. The van der Waals surface area contributed by atoms with E-state index in [1.165, 1.54) is 12.1 Å². The number of benzene rings is 2. The van der Waals surface area contributed by atoms with Crippen molar-refractivity contribution in [3.63, 3.8) is 0 Å². The highest BCUT2D eigenvalue weighted by atomic mass is 35.5. The van der Waals surface area contributed by atoms with Gasteiger partial charge in [0, 0.05) is 28.7 Å². The first-order chi connectivity index (χ1) is 11.4. The minimum absolute atomic E-state index is 0.216. The Labute approximate surface area is 144 Å². The van der Waals surface area contributed by atoms with Crippen molar-refractivity contribution in [2.75, 3.05) is 11.9 Å². The normalized spacial score (nSPS) is 22.1. The molecule has 1 saturated carbocycles. The molecule has 126 valence electrons. The number of nitrogens with one attached hydrogen (secondary N) is 2. The zero-order valence-corrected chi connectivity index (χ0v) is 13.8.